The van der Waals surface area contributed by atoms with E-state index >= 15 is 0 Å². The van der Waals surface area contributed by atoms with E-state index in [0.717, 1.165) is 147 Å². The van der Waals surface area contributed by atoms with Crippen molar-refractivity contribution in [3.63, 3.8) is 0 Å². The van der Waals surface area contributed by atoms with Crippen LogP contribution >= 0.6 is 0 Å². The zero-order valence-electron chi connectivity index (χ0n) is 80.7. The molecule has 20 atom stereocenters. The molecule has 25 fully saturated rings. The molecule has 0 aliphatic carbocycles. The van der Waals surface area contributed by atoms with Gasteiger partial charge in [0, 0.05) is 248 Å². The van der Waals surface area contributed by atoms with Crippen LogP contribution in [0.4, 0.5) is 0 Å². The Morgan fingerprint density at radius 1 is 0.154 bits per heavy atom. The second kappa shape index (κ2) is 46.7. The van der Waals surface area contributed by atoms with Gasteiger partial charge < -0.3 is 103 Å². The smallest absolute Gasteiger partial charge is 0.0824 e. The Balaban J connectivity index is 0.000000126. The van der Waals surface area contributed by atoms with E-state index in [4.69, 9.17) is 4.74 Å². The fourth-order valence-corrected chi connectivity index (χ4v) is 25.7. The summed E-state index contributed by atoms with van der Waals surface area (Å²) >= 11 is 0. The molecule has 0 N–H and O–H groups in total. The Morgan fingerprint density at radius 3 is 0.744 bits per heavy atom. The van der Waals surface area contributed by atoms with Crippen LogP contribution in [0, 0.1) is 23.7 Å². The van der Waals surface area contributed by atoms with Crippen molar-refractivity contribution in [3.05, 3.63) is 0 Å². The maximum absolute atomic E-state index is 5.33. The van der Waals surface area contributed by atoms with Gasteiger partial charge in [0.15, 0.2) is 0 Å². The van der Waals surface area contributed by atoms with Gasteiger partial charge in [0.05, 0.1) is 6.10 Å². The first-order valence-corrected chi connectivity index (χ1v) is 48.7. The third kappa shape index (κ3) is 28.8. The molecule has 0 aromatic heterocycles. The largest absolute Gasteiger partial charge is 0.379 e. The van der Waals surface area contributed by atoms with Gasteiger partial charge in [-0.05, 0) is 359 Å². The lowest BCUT2D eigenvalue weighted by molar-refractivity contribution is 0.0687. The number of likely N-dealkylation sites (N-methyl/N-ethyl adjacent to an activating group) is 22. The summed E-state index contributed by atoms with van der Waals surface area (Å²) in [6, 6.07) is 13.9. The first-order chi connectivity index (χ1) is 55.9. The van der Waals surface area contributed by atoms with Crippen molar-refractivity contribution in [3.8, 4) is 0 Å². The van der Waals surface area contributed by atoms with Gasteiger partial charge in [0.25, 0.3) is 0 Å². The molecule has 0 spiro atoms. The number of hydrogen-bond acceptors (Lipinski definition) is 23. The SMILES string of the molecule is CN1CC2CC(C1)N(C)C2.CN1CC2CC(C1)N(C)C2.CN1CC2CCC(C1)N(C)C2.CN1CC2CCC(C1)N(C)C2.CN1CCC2CC1CN2C.CN1CCC2CC1CN2C.CN1CCC2CCC(C1)N2C.CN1CCC2CCC(C1)N2C.CN1CCC2CCC1CN2C.CN1CCC2CCC1CN2C.COC1CN(C)CCN(C)C1. The van der Waals surface area contributed by atoms with E-state index in [2.05, 4.69) is 263 Å². The Hall–Kier alpha value is -0.920. The molecule has 0 radical (unpaired) electrons. The van der Waals surface area contributed by atoms with Crippen LogP contribution in [0.5, 0.6) is 0 Å². The monoisotopic (exact) mass is 1640 g/mol. The summed E-state index contributed by atoms with van der Waals surface area (Å²) in [6.45, 7) is 35.7. The molecule has 0 aromatic rings. The van der Waals surface area contributed by atoms with Crippen LogP contribution in [0.15, 0.2) is 0 Å². The normalized spacial score (nSPS) is 40.0. The first kappa shape index (κ1) is 96.7. The third-order valence-electron chi connectivity index (χ3n) is 34.0. The molecule has 117 heavy (non-hydrogen) atoms. The number of ether oxygens (including phenoxy) is 1. The molecule has 0 amide bonds. The summed E-state index contributed by atoms with van der Waals surface area (Å²) < 4.78 is 5.33. The summed E-state index contributed by atoms with van der Waals surface area (Å²) in [4.78, 5) is 54.9. The minimum absolute atomic E-state index is 0.382. The van der Waals surface area contributed by atoms with Crippen LogP contribution < -0.4 is 0 Å². The van der Waals surface area contributed by atoms with Gasteiger partial charge in [-0.15, -0.1) is 0 Å². The van der Waals surface area contributed by atoms with Crippen LogP contribution in [0.3, 0.4) is 0 Å². The van der Waals surface area contributed by atoms with E-state index in [0.29, 0.717) is 6.10 Å². The molecule has 25 saturated heterocycles. The summed E-state index contributed by atoms with van der Waals surface area (Å²) in [5.41, 5.74) is 0. The maximum atomic E-state index is 5.33. The average Bonchev–Trinajstić information content (AvgIpc) is 2.57. The lowest BCUT2D eigenvalue weighted by Crippen LogP contribution is -2.44. The molecule has 20 unspecified atom stereocenters. The number of hydrogen-bond donors (Lipinski definition) is 0. The van der Waals surface area contributed by atoms with Gasteiger partial charge in [0.2, 0.25) is 0 Å². The van der Waals surface area contributed by atoms with E-state index in [9.17, 15) is 0 Å². The minimum Gasteiger partial charge on any atom is -0.379 e. The maximum Gasteiger partial charge on any atom is 0.0824 e. The molecule has 20 bridgehead atoms. The van der Waals surface area contributed by atoms with Gasteiger partial charge in [-0.2, -0.15) is 0 Å². The molecular weight excluding hydrogens is 1450 g/mol. The number of fused-ring (bicyclic) bond motifs is 28. The standard InChI is InChI=1S/6C9H18N2.C8H18N2O.4C8H16N2/c2*1-10-5-8-3-4-9(7-10)11(2)6-8;2*1-10-6-5-8-3-4-9(10)7-11(8)2;2*1-10-6-5-8-3-4-9(7-10)11(8)2;1-9-4-5-10(2)7-8(6-9)11-3;2*1-9-4-7-3-8(6-9)10(2)5-7;2*1-9-4-3-7-5-8(9)6-10(7)2/h6*8-9H,3-7H2,1-2H3;8H,4-7H2,1-3H3;4*7-8H,3-6H2,1-2H3. The topological polar surface area (TPSA) is 80.5 Å². The van der Waals surface area contributed by atoms with Gasteiger partial charge in [-0.1, -0.05) is 0 Å². The zero-order valence-corrected chi connectivity index (χ0v) is 80.7. The van der Waals surface area contributed by atoms with Crippen molar-refractivity contribution in [2.75, 3.05) is 345 Å². The lowest BCUT2D eigenvalue weighted by atomic mass is 9.96. The minimum atomic E-state index is 0.382. The second-order valence-electron chi connectivity index (χ2n) is 43.6. The molecule has 25 aliphatic rings. The third-order valence-corrected chi connectivity index (χ3v) is 34.0. The number of methoxy groups -OCH3 is 1. The predicted octanol–water partition coefficient (Wildman–Crippen LogP) is 5.60. The fraction of sp³-hybridized carbons (Fsp3) is 1.00. The molecule has 23 heteroatoms. The molecule has 25 heterocycles. The van der Waals surface area contributed by atoms with Crippen molar-refractivity contribution in [2.45, 2.75) is 244 Å². The molecule has 25 rings (SSSR count). The number of likely N-dealkylation sites (tertiary alicyclic amines) is 10. The van der Waals surface area contributed by atoms with Crippen molar-refractivity contribution >= 4 is 0 Å². The van der Waals surface area contributed by atoms with Crippen LogP contribution in [0.1, 0.15) is 141 Å². The van der Waals surface area contributed by atoms with Gasteiger partial charge in [-0.3, -0.25) is 9.80 Å². The molecule has 0 aromatic carbocycles. The number of nitrogens with zero attached hydrogens (tertiary/aromatic N) is 22. The summed E-state index contributed by atoms with van der Waals surface area (Å²) in [7, 11) is 51.3. The summed E-state index contributed by atoms with van der Waals surface area (Å²) in [5.74, 6) is 3.83. The zero-order chi connectivity index (χ0) is 83.9. The van der Waals surface area contributed by atoms with Crippen molar-refractivity contribution in [2.24, 2.45) is 23.7 Å². The fourth-order valence-electron chi connectivity index (χ4n) is 25.7. The van der Waals surface area contributed by atoms with Crippen LogP contribution in [0.25, 0.3) is 0 Å². The van der Waals surface area contributed by atoms with E-state index in [1.807, 2.05) is 0 Å². The summed E-state index contributed by atoms with van der Waals surface area (Å²) in [6.07, 6.45) is 31.5. The van der Waals surface area contributed by atoms with E-state index < -0.39 is 0 Å². The Labute approximate surface area is 721 Å². The summed E-state index contributed by atoms with van der Waals surface area (Å²) in [5, 5.41) is 0. The lowest BCUT2D eigenvalue weighted by Gasteiger charge is -2.35. The van der Waals surface area contributed by atoms with Crippen molar-refractivity contribution in [1.82, 2.24) is 108 Å². The molecule has 23 nitrogen and oxygen atoms in total. The van der Waals surface area contributed by atoms with Crippen molar-refractivity contribution < 1.29 is 4.74 Å². The van der Waals surface area contributed by atoms with Crippen LogP contribution in [-0.2, 0) is 4.74 Å². The Bertz CT molecular complexity index is 2560. The van der Waals surface area contributed by atoms with Crippen LogP contribution in [-0.4, -0.2) is 556 Å². The second-order valence-corrected chi connectivity index (χ2v) is 43.6. The Kier molecular flexibility index (Phi) is 38.6. The quantitative estimate of drug-likeness (QED) is 0.327. The Morgan fingerprint density at radius 2 is 0.393 bits per heavy atom. The van der Waals surface area contributed by atoms with Gasteiger partial charge in [-0.25, -0.2) is 0 Å². The first-order valence-electron chi connectivity index (χ1n) is 48.7. The van der Waals surface area contributed by atoms with E-state index in [1.165, 1.54) is 298 Å². The molecule has 25 aliphatic heterocycles. The highest BCUT2D eigenvalue weighted by Crippen LogP contribution is 2.35. The number of rotatable bonds is 1. The van der Waals surface area contributed by atoms with Crippen molar-refractivity contribution in [1.29, 1.82) is 0 Å². The van der Waals surface area contributed by atoms with Gasteiger partial charge in [0.1, 0.15) is 0 Å². The van der Waals surface area contributed by atoms with Crippen LogP contribution in [0.2, 0.25) is 0 Å². The highest BCUT2D eigenvalue weighted by atomic mass is 16.5. The highest BCUT2D eigenvalue weighted by Gasteiger charge is 2.42. The molecule has 0 saturated carbocycles. The van der Waals surface area contributed by atoms with E-state index in [-0.39, 0.29) is 0 Å². The molecule has 682 valence electrons. The van der Waals surface area contributed by atoms with E-state index in [1.54, 1.807) is 7.11 Å². The van der Waals surface area contributed by atoms with Gasteiger partial charge >= 0.3 is 0 Å². The average molecular weight is 1640 g/mol. The highest BCUT2D eigenvalue weighted by molar-refractivity contribution is 4.99. The molecular formula is C94H190N22O. The predicted molar refractivity (Wildman–Crippen MR) is 494 cm³/mol. The number of piperidine rings is 8.